The van der Waals surface area contributed by atoms with Gasteiger partial charge >= 0.3 is 0 Å². The van der Waals surface area contributed by atoms with Crippen LogP contribution in [0.25, 0.3) is 0 Å². The van der Waals surface area contributed by atoms with Gasteiger partial charge in [-0.1, -0.05) is 18.2 Å². The zero-order chi connectivity index (χ0) is 18.7. The molecule has 0 spiro atoms. The van der Waals surface area contributed by atoms with Gasteiger partial charge in [0, 0.05) is 19.5 Å². The van der Waals surface area contributed by atoms with Gasteiger partial charge in [0.05, 0.1) is 18.7 Å². The Bertz CT molecular complexity index is 820. The number of benzene rings is 2. The summed E-state index contributed by atoms with van der Waals surface area (Å²) in [5.41, 5.74) is 2.51. The van der Waals surface area contributed by atoms with Crippen molar-refractivity contribution in [3.8, 4) is 5.75 Å². The lowest BCUT2D eigenvalue weighted by atomic mass is 10.1. The van der Waals surface area contributed by atoms with Crippen molar-refractivity contribution in [3.05, 3.63) is 59.4 Å². The lowest BCUT2D eigenvalue weighted by molar-refractivity contribution is -0.126. The van der Waals surface area contributed by atoms with E-state index in [2.05, 4.69) is 5.32 Å². The number of halogens is 1. The SMILES string of the molecule is COc1ccc(C)cc1N1C[C@H](C(=O)NCc2ccc(F)cc2)CC1=O. The fourth-order valence-corrected chi connectivity index (χ4v) is 3.06. The Morgan fingerprint density at radius 1 is 1.27 bits per heavy atom. The molecular weight excluding hydrogens is 335 g/mol. The maximum absolute atomic E-state index is 12.9. The molecular formula is C20H21FN2O3. The van der Waals surface area contributed by atoms with Crippen LogP contribution in [0.15, 0.2) is 42.5 Å². The minimum atomic E-state index is -0.423. The highest BCUT2D eigenvalue weighted by atomic mass is 19.1. The molecule has 0 saturated carbocycles. The normalized spacial score (nSPS) is 16.7. The molecule has 2 aromatic rings. The van der Waals surface area contributed by atoms with Crippen LogP contribution in [0.2, 0.25) is 0 Å². The molecule has 0 aliphatic carbocycles. The van der Waals surface area contributed by atoms with Gasteiger partial charge in [0.15, 0.2) is 0 Å². The van der Waals surface area contributed by atoms with Crippen LogP contribution in [0, 0.1) is 18.7 Å². The molecule has 0 radical (unpaired) electrons. The summed E-state index contributed by atoms with van der Waals surface area (Å²) in [5.74, 6) is -0.415. The van der Waals surface area contributed by atoms with E-state index in [1.54, 1.807) is 24.1 Å². The zero-order valence-electron chi connectivity index (χ0n) is 14.8. The summed E-state index contributed by atoms with van der Waals surface area (Å²) in [6.07, 6.45) is 0.159. The van der Waals surface area contributed by atoms with E-state index >= 15 is 0 Å². The van der Waals surface area contributed by atoms with E-state index < -0.39 is 5.92 Å². The largest absolute Gasteiger partial charge is 0.495 e. The van der Waals surface area contributed by atoms with Crippen molar-refractivity contribution in [2.45, 2.75) is 19.9 Å². The first-order valence-electron chi connectivity index (χ1n) is 8.45. The number of rotatable bonds is 5. The number of hydrogen-bond acceptors (Lipinski definition) is 3. The summed E-state index contributed by atoms with van der Waals surface area (Å²) < 4.78 is 18.3. The van der Waals surface area contributed by atoms with Gasteiger partial charge < -0.3 is 15.0 Å². The quantitative estimate of drug-likeness (QED) is 0.896. The average Bonchev–Trinajstić information content (AvgIpc) is 3.02. The number of carbonyl (C=O) groups excluding carboxylic acids is 2. The maximum atomic E-state index is 12.9. The van der Waals surface area contributed by atoms with Crippen molar-refractivity contribution < 1.29 is 18.7 Å². The number of methoxy groups -OCH3 is 1. The van der Waals surface area contributed by atoms with Crippen LogP contribution in [0.1, 0.15) is 17.5 Å². The third kappa shape index (κ3) is 3.85. The van der Waals surface area contributed by atoms with Gasteiger partial charge in [0.1, 0.15) is 11.6 Å². The molecule has 6 heteroatoms. The zero-order valence-corrected chi connectivity index (χ0v) is 14.8. The van der Waals surface area contributed by atoms with Crippen molar-refractivity contribution in [3.63, 3.8) is 0 Å². The molecule has 136 valence electrons. The molecule has 1 atom stereocenters. The van der Waals surface area contributed by atoms with Crippen molar-refractivity contribution in [1.29, 1.82) is 0 Å². The Labute approximate surface area is 151 Å². The summed E-state index contributed by atoms with van der Waals surface area (Å²) in [6, 6.07) is 11.6. The number of aryl methyl sites for hydroxylation is 1. The van der Waals surface area contributed by atoms with Crippen LogP contribution in [0.3, 0.4) is 0 Å². The van der Waals surface area contributed by atoms with Gasteiger partial charge in [-0.2, -0.15) is 0 Å². The van der Waals surface area contributed by atoms with Gasteiger partial charge in [-0.3, -0.25) is 9.59 Å². The molecule has 3 rings (SSSR count). The Kier molecular flexibility index (Phi) is 5.21. The van der Waals surface area contributed by atoms with Crippen molar-refractivity contribution >= 4 is 17.5 Å². The summed E-state index contributed by atoms with van der Waals surface area (Å²) in [6.45, 7) is 2.56. The lowest BCUT2D eigenvalue weighted by Gasteiger charge is -2.20. The topological polar surface area (TPSA) is 58.6 Å². The number of ether oxygens (including phenoxy) is 1. The fraction of sp³-hybridized carbons (Fsp3) is 0.300. The van der Waals surface area contributed by atoms with Crippen molar-refractivity contribution in [1.82, 2.24) is 5.32 Å². The summed E-state index contributed by atoms with van der Waals surface area (Å²) in [5, 5.41) is 2.82. The monoisotopic (exact) mass is 356 g/mol. The molecule has 1 aliphatic rings. The molecule has 1 saturated heterocycles. The Hall–Kier alpha value is -2.89. The minimum absolute atomic E-state index is 0.101. The number of hydrogen-bond donors (Lipinski definition) is 1. The molecule has 1 heterocycles. The molecule has 0 aromatic heterocycles. The molecule has 1 N–H and O–H groups in total. The van der Waals surface area contributed by atoms with Gasteiger partial charge in [-0.25, -0.2) is 4.39 Å². The van der Waals surface area contributed by atoms with Crippen molar-refractivity contribution in [2.24, 2.45) is 5.92 Å². The second-order valence-electron chi connectivity index (χ2n) is 6.42. The van der Waals surface area contributed by atoms with E-state index in [-0.39, 0.29) is 24.1 Å². The van der Waals surface area contributed by atoms with E-state index in [1.165, 1.54) is 12.1 Å². The highest BCUT2D eigenvalue weighted by Gasteiger charge is 2.36. The van der Waals surface area contributed by atoms with Crippen LogP contribution in [-0.2, 0) is 16.1 Å². The van der Waals surface area contributed by atoms with E-state index in [9.17, 15) is 14.0 Å². The summed E-state index contributed by atoms with van der Waals surface area (Å²) in [7, 11) is 1.56. The summed E-state index contributed by atoms with van der Waals surface area (Å²) in [4.78, 5) is 26.5. The maximum Gasteiger partial charge on any atom is 0.227 e. The van der Waals surface area contributed by atoms with Gasteiger partial charge in [-0.05, 0) is 42.3 Å². The van der Waals surface area contributed by atoms with Crippen LogP contribution >= 0.6 is 0 Å². The first kappa shape index (κ1) is 17.9. The third-order valence-electron chi connectivity index (χ3n) is 4.50. The third-order valence-corrected chi connectivity index (χ3v) is 4.50. The fourth-order valence-electron chi connectivity index (χ4n) is 3.06. The predicted octanol–water partition coefficient (Wildman–Crippen LogP) is 2.81. The number of anilines is 1. The highest BCUT2D eigenvalue weighted by Crippen LogP contribution is 2.33. The van der Waals surface area contributed by atoms with Crippen LogP contribution in [0.5, 0.6) is 5.75 Å². The summed E-state index contributed by atoms with van der Waals surface area (Å²) >= 11 is 0. The van der Waals surface area contributed by atoms with Crippen LogP contribution in [-0.4, -0.2) is 25.5 Å². The molecule has 5 nitrogen and oxygen atoms in total. The second kappa shape index (κ2) is 7.56. The Balaban J connectivity index is 1.66. The Morgan fingerprint density at radius 3 is 2.69 bits per heavy atom. The van der Waals surface area contributed by atoms with Crippen LogP contribution in [0.4, 0.5) is 10.1 Å². The molecule has 2 aromatic carbocycles. The second-order valence-corrected chi connectivity index (χ2v) is 6.42. The standard InChI is InChI=1S/C20H21FN2O3/c1-13-3-8-18(26-2)17(9-13)23-12-15(10-19(23)24)20(25)22-11-14-4-6-16(21)7-5-14/h3-9,15H,10-12H2,1-2H3,(H,22,25)/t15-/m1/s1. The number of nitrogens with zero attached hydrogens (tertiary/aromatic N) is 1. The number of carbonyl (C=O) groups is 2. The Morgan fingerprint density at radius 2 is 2.00 bits per heavy atom. The molecule has 0 bridgehead atoms. The lowest BCUT2D eigenvalue weighted by Crippen LogP contribution is -2.32. The van der Waals surface area contributed by atoms with Gasteiger partial charge in [-0.15, -0.1) is 0 Å². The molecule has 0 unspecified atom stereocenters. The van der Waals surface area contributed by atoms with E-state index in [1.807, 2.05) is 25.1 Å². The average molecular weight is 356 g/mol. The smallest absolute Gasteiger partial charge is 0.227 e. The van der Waals surface area contributed by atoms with Gasteiger partial charge in [0.25, 0.3) is 0 Å². The first-order chi connectivity index (χ1) is 12.5. The minimum Gasteiger partial charge on any atom is -0.495 e. The van der Waals surface area contributed by atoms with E-state index in [0.717, 1.165) is 11.1 Å². The van der Waals surface area contributed by atoms with E-state index in [4.69, 9.17) is 4.74 Å². The first-order valence-corrected chi connectivity index (χ1v) is 8.45. The molecule has 1 aliphatic heterocycles. The highest BCUT2D eigenvalue weighted by molar-refractivity contribution is 6.01. The molecule has 2 amide bonds. The van der Waals surface area contributed by atoms with E-state index in [0.29, 0.717) is 24.5 Å². The van der Waals surface area contributed by atoms with Crippen molar-refractivity contribution in [2.75, 3.05) is 18.6 Å². The predicted molar refractivity (Wildman–Crippen MR) is 96.4 cm³/mol. The van der Waals surface area contributed by atoms with Gasteiger partial charge in [0.2, 0.25) is 11.8 Å². The molecule has 26 heavy (non-hydrogen) atoms. The number of amides is 2. The molecule has 1 fully saturated rings. The number of nitrogens with one attached hydrogen (secondary N) is 1. The van der Waals surface area contributed by atoms with Crippen LogP contribution < -0.4 is 15.0 Å².